The van der Waals surface area contributed by atoms with Gasteiger partial charge in [-0.05, 0) is 33.4 Å². The first-order valence-electron chi connectivity index (χ1n) is 6.67. The van der Waals surface area contributed by atoms with Gasteiger partial charge in [-0.15, -0.1) is 0 Å². The summed E-state index contributed by atoms with van der Waals surface area (Å²) in [6.07, 6.45) is 7.78. The SMILES string of the molecule is CN(C)C1(CNCc2cnn(CCO)c2)CCC1. The highest BCUT2D eigenvalue weighted by Crippen LogP contribution is 2.35. The Morgan fingerprint density at radius 3 is 2.83 bits per heavy atom. The third-order valence-corrected chi connectivity index (χ3v) is 4.03. The third-order valence-electron chi connectivity index (χ3n) is 4.03. The fourth-order valence-corrected chi connectivity index (χ4v) is 2.53. The van der Waals surface area contributed by atoms with E-state index >= 15 is 0 Å². The second-order valence-corrected chi connectivity index (χ2v) is 5.41. The van der Waals surface area contributed by atoms with Crippen LogP contribution < -0.4 is 5.32 Å². The maximum Gasteiger partial charge on any atom is 0.0640 e. The van der Waals surface area contributed by atoms with Crippen LogP contribution in [-0.4, -0.2) is 52.6 Å². The van der Waals surface area contributed by atoms with Crippen LogP contribution in [0.15, 0.2) is 12.4 Å². The fraction of sp³-hybridized carbons (Fsp3) is 0.769. The summed E-state index contributed by atoms with van der Waals surface area (Å²) in [5, 5.41) is 16.6. The summed E-state index contributed by atoms with van der Waals surface area (Å²) >= 11 is 0. The van der Waals surface area contributed by atoms with Gasteiger partial charge in [-0.25, -0.2) is 0 Å². The second-order valence-electron chi connectivity index (χ2n) is 5.41. The molecule has 0 atom stereocenters. The molecule has 2 N–H and O–H groups in total. The van der Waals surface area contributed by atoms with Crippen LogP contribution in [0.25, 0.3) is 0 Å². The number of aliphatic hydroxyl groups is 1. The molecule has 1 aliphatic rings. The normalized spacial score (nSPS) is 18.0. The molecule has 5 heteroatoms. The number of hydrogen-bond acceptors (Lipinski definition) is 4. The molecule has 0 spiro atoms. The average Bonchev–Trinajstić information content (AvgIpc) is 2.70. The van der Waals surface area contributed by atoms with Crippen LogP contribution in [0.5, 0.6) is 0 Å². The number of rotatable bonds is 7. The average molecular weight is 252 g/mol. The van der Waals surface area contributed by atoms with E-state index in [1.54, 1.807) is 4.68 Å². The van der Waals surface area contributed by atoms with Crippen molar-refractivity contribution in [2.45, 2.75) is 37.9 Å². The van der Waals surface area contributed by atoms with Crippen molar-refractivity contribution < 1.29 is 5.11 Å². The minimum atomic E-state index is 0.137. The Hall–Kier alpha value is -0.910. The molecular weight excluding hydrogens is 228 g/mol. The van der Waals surface area contributed by atoms with Gasteiger partial charge in [-0.3, -0.25) is 4.68 Å². The molecule has 2 rings (SSSR count). The Bertz CT molecular complexity index is 371. The Kier molecular flexibility index (Phi) is 4.37. The van der Waals surface area contributed by atoms with Crippen LogP contribution >= 0.6 is 0 Å². The van der Waals surface area contributed by atoms with Gasteiger partial charge < -0.3 is 15.3 Å². The summed E-state index contributed by atoms with van der Waals surface area (Å²) < 4.78 is 1.78. The topological polar surface area (TPSA) is 53.3 Å². The summed E-state index contributed by atoms with van der Waals surface area (Å²) in [7, 11) is 4.33. The van der Waals surface area contributed by atoms with Crippen LogP contribution in [0.3, 0.4) is 0 Å². The standard InChI is InChI=1S/C13H24N4O/c1-16(2)13(4-3-5-13)11-14-8-12-9-15-17(10-12)6-7-18/h9-10,14,18H,3-8,11H2,1-2H3. The lowest BCUT2D eigenvalue weighted by Crippen LogP contribution is -2.56. The van der Waals surface area contributed by atoms with Crippen molar-refractivity contribution in [1.29, 1.82) is 0 Å². The molecule has 5 nitrogen and oxygen atoms in total. The van der Waals surface area contributed by atoms with Crippen molar-refractivity contribution in [1.82, 2.24) is 20.0 Å². The first kappa shape index (κ1) is 13.5. The fourth-order valence-electron chi connectivity index (χ4n) is 2.53. The third kappa shape index (κ3) is 2.91. The number of hydrogen-bond donors (Lipinski definition) is 2. The lowest BCUT2D eigenvalue weighted by Gasteiger charge is -2.47. The molecule has 1 fully saturated rings. The summed E-state index contributed by atoms with van der Waals surface area (Å²) in [5.41, 5.74) is 1.54. The van der Waals surface area contributed by atoms with E-state index in [2.05, 4.69) is 29.4 Å². The van der Waals surface area contributed by atoms with E-state index in [0.29, 0.717) is 12.1 Å². The smallest absolute Gasteiger partial charge is 0.0640 e. The van der Waals surface area contributed by atoms with Gasteiger partial charge in [-0.2, -0.15) is 5.10 Å². The second kappa shape index (κ2) is 5.82. The maximum absolute atomic E-state index is 8.83. The van der Waals surface area contributed by atoms with Gasteiger partial charge in [0.1, 0.15) is 0 Å². The highest BCUT2D eigenvalue weighted by Gasteiger charge is 2.38. The van der Waals surface area contributed by atoms with Crippen molar-refractivity contribution >= 4 is 0 Å². The van der Waals surface area contributed by atoms with Crippen LogP contribution in [0.1, 0.15) is 24.8 Å². The first-order chi connectivity index (χ1) is 8.66. The number of nitrogens with one attached hydrogen (secondary N) is 1. The molecule has 0 aliphatic heterocycles. The van der Waals surface area contributed by atoms with E-state index in [-0.39, 0.29) is 6.61 Å². The monoisotopic (exact) mass is 252 g/mol. The number of likely N-dealkylation sites (N-methyl/N-ethyl adjacent to an activating group) is 1. The van der Waals surface area contributed by atoms with E-state index in [0.717, 1.165) is 13.1 Å². The minimum absolute atomic E-state index is 0.137. The summed E-state index contributed by atoms with van der Waals surface area (Å²) in [6.45, 7) is 2.59. The predicted molar refractivity (Wildman–Crippen MR) is 71.3 cm³/mol. The molecule has 1 aliphatic carbocycles. The summed E-state index contributed by atoms with van der Waals surface area (Å²) in [4.78, 5) is 2.35. The van der Waals surface area contributed by atoms with Crippen molar-refractivity contribution in [2.24, 2.45) is 0 Å². The lowest BCUT2D eigenvalue weighted by atomic mass is 9.75. The molecule has 0 amide bonds. The van der Waals surface area contributed by atoms with Gasteiger partial charge in [0.05, 0.1) is 19.3 Å². The minimum Gasteiger partial charge on any atom is -0.394 e. The Morgan fingerprint density at radius 2 is 2.28 bits per heavy atom. The van der Waals surface area contributed by atoms with Crippen LogP contribution in [0.4, 0.5) is 0 Å². The molecule has 102 valence electrons. The highest BCUT2D eigenvalue weighted by molar-refractivity contribution is 5.04. The lowest BCUT2D eigenvalue weighted by molar-refractivity contribution is 0.0598. The quantitative estimate of drug-likeness (QED) is 0.740. The van der Waals surface area contributed by atoms with Gasteiger partial charge in [0.15, 0.2) is 0 Å². The van der Waals surface area contributed by atoms with Gasteiger partial charge in [-0.1, -0.05) is 0 Å². The van der Waals surface area contributed by atoms with Crippen LogP contribution in [-0.2, 0) is 13.1 Å². The molecule has 1 heterocycles. The molecule has 0 saturated heterocycles. The number of aromatic nitrogens is 2. The zero-order valence-corrected chi connectivity index (χ0v) is 11.4. The first-order valence-corrected chi connectivity index (χ1v) is 6.67. The maximum atomic E-state index is 8.83. The van der Waals surface area contributed by atoms with Gasteiger partial charge in [0, 0.05) is 30.4 Å². The molecule has 1 aromatic heterocycles. The number of aliphatic hydroxyl groups excluding tert-OH is 1. The zero-order valence-electron chi connectivity index (χ0n) is 11.4. The van der Waals surface area contributed by atoms with Crippen molar-refractivity contribution in [3.8, 4) is 0 Å². The van der Waals surface area contributed by atoms with E-state index in [9.17, 15) is 0 Å². The largest absolute Gasteiger partial charge is 0.394 e. The van der Waals surface area contributed by atoms with Crippen molar-refractivity contribution in [2.75, 3.05) is 27.2 Å². The van der Waals surface area contributed by atoms with Gasteiger partial charge in [0.25, 0.3) is 0 Å². The summed E-state index contributed by atoms with van der Waals surface area (Å²) in [6, 6.07) is 0. The number of nitrogens with zero attached hydrogens (tertiary/aromatic N) is 3. The summed E-state index contributed by atoms with van der Waals surface area (Å²) in [5.74, 6) is 0. The Morgan fingerprint density at radius 1 is 1.50 bits per heavy atom. The molecule has 0 bridgehead atoms. The predicted octanol–water partition coefficient (Wildman–Crippen LogP) is 0.449. The molecule has 0 unspecified atom stereocenters. The molecule has 1 saturated carbocycles. The molecule has 0 radical (unpaired) electrons. The van der Waals surface area contributed by atoms with E-state index in [1.165, 1.54) is 24.8 Å². The van der Waals surface area contributed by atoms with Gasteiger partial charge >= 0.3 is 0 Å². The Balaban J connectivity index is 1.77. The van der Waals surface area contributed by atoms with Crippen LogP contribution in [0, 0.1) is 0 Å². The van der Waals surface area contributed by atoms with Gasteiger partial charge in [0.2, 0.25) is 0 Å². The molecule has 1 aromatic rings. The Labute approximate surface area is 109 Å². The van der Waals surface area contributed by atoms with E-state index in [4.69, 9.17) is 5.11 Å². The molecule has 0 aromatic carbocycles. The van der Waals surface area contributed by atoms with Crippen LogP contribution in [0.2, 0.25) is 0 Å². The zero-order chi connectivity index (χ0) is 13.0. The van der Waals surface area contributed by atoms with Crippen molar-refractivity contribution in [3.05, 3.63) is 18.0 Å². The van der Waals surface area contributed by atoms with E-state index < -0.39 is 0 Å². The molecule has 18 heavy (non-hydrogen) atoms. The highest BCUT2D eigenvalue weighted by atomic mass is 16.3. The molecular formula is C13H24N4O. The van der Waals surface area contributed by atoms with Crippen molar-refractivity contribution in [3.63, 3.8) is 0 Å². The van der Waals surface area contributed by atoms with E-state index in [1.807, 2.05) is 12.4 Å².